The Morgan fingerprint density at radius 3 is 1.61 bits per heavy atom. The summed E-state index contributed by atoms with van der Waals surface area (Å²) in [5.74, 6) is -1.73. The Bertz CT molecular complexity index is 1360. The molecule has 0 saturated carbocycles. The summed E-state index contributed by atoms with van der Waals surface area (Å²) in [5.41, 5.74) is -1.29. The van der Waals surface area contributed by atoms with Gasteiger partial charge in [-0.25, -0.2) is 27.1 Å². The Kier molecular flexibility index (Phi) is 9.09. The van der Waals surface area contributed by atoms with E-state index in [1.165, 1.54) is 0 Å². The molecule has 2 aromatic rings. The van der Waals surface area contributed by atoms with Gasteiger partial charge in [-0.05, 0) is 12.1 Å². The van der Waals surface area contributed by atoms with Crippen molar-refractivity contribution in [3.8, 4) is 5.75 Å². The average molecular weight is 566 g/mol. The zero-order valence-electron chi connectivity index (χ0n) is 15.9. The highest BCUT2D eigenvalue weighted by molar-refractivity contribution is 7.89. The van der Waals surface area contributed by atoms with Gasteiger partial charge in [0.2, 0.25) is 25.8 Å². The van der Waals surface area contributed by atoms with Crippen LogP contribution in [0.1, 0.15) is 6.92 Å². The quantitative estimate of drug-likeness (QED) is 0.232. The van der Waals surface area contributed by atoms with Crippen molar-refractivity contribution in [2.75, 3.05) is 0 Å². The number of esters is 1. The number of halogens is 3. The van der Waals surface area contributed by atoms with Gasteiger partial charge >= 0.3 is 11.7 Å². The summed E-state index contributed by atoms with van der Waals surface area (Å²) in [6, 6.07) is 3.94. The van der Waals surface area contributed by atoms with Crippen molar-refractivity contribution in [2.24, 2.45) is 10.3 Å². The molecule has 4 N–H and O–H groups in total. The fraction of sp³-hybridized carbons (Fsp3) is 0.0714. The van der Waals surface area contributed by atoms with Crippen LogP contribution >= 0.6 is 34.8 Å². The highest BCUT2D eigenvalue weighted by Crippen LogP contribution is 2.38. The maximum atomic E-state index is 11.3. The molecule has 0 heterocycles. The zero-order valence-corrected chi connectivity index (χ0v) is 19.8. The van der Waals surface area contributed by atoms with E-state index in [9.17, 15) is 41.9 Å². The van der Waals surface area contributed by atoms with E-state index >= 15 is 0 Å². The normalized spacial score (nSPS) is 11.2. The third kappa shape index (κ3) is 7.19. The van der Waals surface area contributed by atoms with E-state index in [-0.39, 0.29) is 10.0 Å². The first-order valence-corrected chi connectivity index (χ1v) is 12.0. The third-order valence-electron chi connectivity index (χ3n) is 3.28. The minimum absolute atomic E-state index is 0.256. The second-order valence-corrected chi connectivity index (χ2v) is 9.82. The molecule has 0 unspecified atom stereocenters. The predicted octanol–water partition coefficient (Wildman–Crippen LogP) is 2.37. The number of hydrogen-bond acceptors (Lipinski definition) is 10. The second-order valence-electron chi connectivity index (χ2n) is 5.63. The van der Waals surface area contributed by atoms with Crippen LogP contribution in [0.2, 0.25) is 15.1 Å². The first kappa shape index (κ1) is 28.4. The van der Waals surface area contributed by atoms with Gasteiger partial charge in [-0.1, -0.05) is 34.8 Å². The third-order valence-corrected chi connectivity index (χ3v) is 6.60. The van der Waals surface area contributed by atoms with E-state index in [1.54, 1.807) is 0 Å². The Hall–Kier alpha value is -2.60. The fourth-order valence-corrected chi connectivity index (χ4v) is 5.10. The number of nitrogens with two attached hydrogens (primary N) is 2. The molecular formula is C14H11Cl3N4O10S2. The molecule has 0 spiro atoms. The second kappa shape index (κ2) is 10.6. The summed E-state index contributed by atoms with van der Waals surface area (Å²) in [5, 5.41) is 29.6. The van der Waals surface area contributed by atoms with Crippen molar-refractivity contribution in [3.05, 3.63) is 59.6 Å². The summed E-state index contributed by atoms with van der Waals surface area (Å²) < 4.78 is 49.2. The van der Waals surface area contributed by atoms with Crippen LogP contribution in [0.4, 0.5) is 11.4 Å². The van der Waals surface area contributed by atoms with E-state index < -0.39 is 67.8 Å². The standard InChI is InChI=1S/C8H7ClN2O6S.C6H4Cl2N2O4S/c1-4(12)17-7-6(11(13)14)3-2-5(9)8(7)18(10,15)16;7-3-1-2-4(10(11)12)5(8)6(3)15(9,13)14/h2-3H,1H3,(H2,10,15,16);1-2H,(H2,9,13,14). The molecule has 0 bridgehead atoms. The molecule has 0 aliphatic heterocycles. The van der Waals surface area contributed by atoms with Crippen LogP contribution in [-0.2, 0) is 24.8 Å². The van der Waals surface area contributed by atoms with Crippen LogP contribution in [-0.4, -0.2) is 32.7 Å². The lowest BCUT2D eigenvalue weighted by Crippen LogP contribution is -2.16. The van der Waals surface area contributed by atoms with Crippen molar-refractivity contribution in [1.29, 1.82) is 0 Å². The number of nitro groups is 2. The molecule has 33 heavy (non-hydrogen) atoms. The van der Waals surface area contributed by atoms with Gasteiger partial charge in [-0.2, -0.15) is 0 Å². The van der Waals surface area contributed by atoms with Crippen LogP contribution in [0.3, 0.4) is 0 Å². The smallest absolute Gasteiger partial charge is 0.313 e. The molecule has 2 aromatic carbocycles. The van der Waals surface area contributed by atoms with Crippen LogP contribution in [0.15, 0.2) is 34.1 Å². The van der Waals surface area contributed by atoms with E-state index in [2.05, 4.69) is 4.74 Å². The van der Waals surface area contributed by atoms with Crippen LogP contribution in [0.25, 0.3) is 0 Å². The van der Waals surface area contributed by atoms with E-state index in [4.69, 9.17) is 45.1 Å². The molecule has 0 aliphatic rings. The molecule has 180 valence electrons. The molecule has 0 aliphatic carbocycles. The summed E-state index contributed by atoms with van der Waals surface area (Å²) in [4.78, 5) is 28.9. The number of nitrogens with zero attached hydrogens (tertiary/aromatic N) is 2. The number of carbonyl (C=O) groups excluding carboxylic acids is 1. The van der Waals surface area contributed by atoms with Crippen LogP contribution < -0.4 is 15.0 Å². The van der Waals surface area contributed by atoms with Gasteiger partial charge in [0.15, 0.2) is 4.90 Å². The van der Waals surface area contributed by atoms with Gasteiger partial charge in [0, 0.05) is 19.1 Å². The Morgan fingerprint density at radius 1 is 0.848 bits per heavy atom. The number of nitro benzene ring substituents is 2. The molecule has 14 nitrogen and oxygen atoms in total. The molecule has 0 atom stereocenters. The first-order chi connectivity index (χ1) is 14.9. The number of carbonyl (C=O) groups is 1. The van der Waals surface area contributed by atoms with Crippen molar-refractivity contribution in [2.45, 2.75) is 16.7 Å². The predicted molar refractivity (Wildman–Crippen MR) is 115 cm³/mol. The lowest BCUT2D eigenvalue weighted by atomic mass is 10.3. The fourth-order valence-electron chi connectivity index (χ4n) is 2.10. The van der Waals surface area contributed by atoms with E-state index in [0.717, 1.165) is 31.2 Å². The SMILES string of the molecule is CC(=O)Oc1c([N+](=O)[O-])ccc(Cl)c1S(N)(=O)=O.NS(=O)(=O)c1c(Cl)ccc([N+](=O)[O-])c1Cl. The minimum Gasteiger partial charge on any atom is -0.418 e. The summed E-state index contributed by atoms with van der Waals surface area (Å²) in [6.07, 6.45) is 0. The lowest BCUT2D eigenvalue weighted by molar-refractivity contribution is -0.385. The Labute approximate surface area is 200 Å². The van der Waals surface area contributed by atoms with Gasteiger partial charge in [0.25, 0.3) is 5.69 Å². The van der Waals surface area contributed by atoms with Gasteiger partial charge in [0.05, 0.1) is 19.9 Å². The zero-order chi connectivity index (χ0) is 25.9. The average Bonchev–Trinajstić information content (AvgIpc) is 2.58. The number of primary sulfonamides is 2. The lowest BCUT2D eigenvalue weighted by Gasteiger charge is -2.09. The molecule has 2 rings (SSSR count). The van der Waals surface area contributed by atoms with E-state index in [0.29, 0.717) is 0 Å². The maximum Gasteiger partial charge on any atom is 0.313 e. The highest BCUT2D eigenvalue weighted by atomic mass is 35.5. The number of benzene rings is 2. The van der Waals surface area contributed by atoms with Crippen molar-refractivity contribution in [1.82, 2.24) is 0 Å². The molecular weight excluding hydrogens is 555 g/mol. The summed E-state index contributed by atoms with van der Waals surface area (Å²) in [7, 11) is -8.57. The minimum atomic E-state index is -4.38. The topological polar surface area (TPSA) is 233 Å². The van der Waals surface area contributed by atoms with Crippen molar-refractivity contribution in [3.63, 3.8) is 0 Å². The van der Waals surface area contributed by atoms with Crippen LogP contribution in [0, 0.1) is 20.2 Å². The monoisotopic (exact) mass is 564 g/mol. The molecule has 0 aromatic heterocycles. The van der Waals surface area contributed by atoms with Gasteiger partial charge < -0.3 is 4.74 Å². The first-order valence-electron chi connectivity index (χ1n) is 7.72. The van der Waals surface area contributed by atoms with Crippen molar-refractivity contribution >= 4 is 72.2 Å². The molecule has 19 heteroatoms. The summed E-state index contributed by atoms with van der Waals surface area (Å²) >= 11 is 16.6. The highest BCUT2D eigenvalue weighted by Gasteiger charge is 2.29. The maximum absolute atomic E-state index is 11.3. The van der Waals surface area contributed by atoms with Crippen molar-refractivity contribution < 1.29 is 36.2 Å². The summed E-state index contributed by atoms with van der Waals surface area (Å²) in [6.45, 7) is 0.956. The molecule has 0 saturated heterocycles. The number of hydrogen-bond donors (Lipinski definition) is 2. The Morgan fingerprint density at radius 2 is 1.24 bits per heavy atom. The number of ether oxygens (including phenoxy) is 1. The van der Waals surface area contributed by atoms with Gasteiger partial charge in [-0.3, -0.25) is 25.0 Å². The number of sulfonamides is 2. The molecule has 0 radical (unpaired) electrons. The number of rotatable bonds is 5. The molecule has 0 fully saturated rings. The van der Waals surface area contributed by atoms with Gasteiger partial charge in [-0.15, -0.1) is 0 Å². The largest absolute Gasteiger partial charge is 0.418 e. The van der Waals surface area contributed by atoms with E-state index in [1.807, 2.05) is 0 Å². The Balaban J connectivity index is 0.000000335. The molecule has 0 amide bonds. The van der Waals surface area contributed by atoms with Gasteiger partial charge in [0.1, 0.15) is 9.92 Å². The van der Waals surface area contributed by atoms with Crippen LogP contribution in [0.5, 0.6) is 5.75 Å².